The second kappa shape index (κ2) is 7.85. The van der Waals surface area contributed by atoms with E-state index >= 15 is 0 Å². The number of likely N-dealkylation sites (tertiary alicyclic amines) is 1. The molecule has 3 rings (SSSR count). The van der Waals surface area contributed by atoms with Gasteiger partial charge in [-0.15, -0.1) is 12.4 Å². The van der Waals surface area contributed by atoms with Crippen LogP contribution in [0.25, 0.3) is 0 Å². The summed E-state index contributed by atoms with van der Waals surface area (Å²) in [5, 5.41) is 0. The smallest absolute Gasteiger partial charge is 0.255 e. The second-order valence-corrected chi connectivity index (χ2v) is 7.73. The first-order valence-corrected chi connectivity index (χ1v) is 9.09. The van der Waals surface area contributed by atoms with Crippen molar-refractivity contribution < 1.29 is 4.79 Å². The maximum absolute atomic E-state index is 13.1. The van der Waals surface area contributed by atoms with Crippen LogP contribution in [-0.4, -0.2) is 35.0 Å². The minimum atomic E-state index is 0. The van der Waals surface area contributed by atoms with Crippen molar-refractivity contribution >= 4 is 18.3 Å². The van der Waals surface area contributed by atoms with Crippen LogP contribution in [0.5, 0.6) is 0 Å². The third-order valence-corrected chi connectivity index (χ3v) is 5.72. The fraction of sp³-hybridized carbons (Fsp3) is 0.476. The second-order valence-electron chi connectivity index (χ2n) is 7.73. The first kappa shape index (κ1) is 20.5. The van der Waals surface area contributed by atoms with Crippen LogP contribution in [-0.2, 0) is 0 Å². The quantitative estimate of drug-likeness (QED) is 0.879. The first-order valence-electron chi connectivity index (χ1n) is 9.09. The number of halogens is 1. The molecule has 5 heteroatoms. The SMILES string of the molecule is Cc1cc(C(=O)N2CCC(C)(CN)C2)c(C)n1C(C)c1ccccc1.Cl. The molecule has 2 atom stereocenters. The highest BCUT2D eigenvalue weighted by Crippen LogP contribution is 2.31. The largest absolute Gasteiger partial charge is 0.341 e. The van der Waals surface area contributed by atoms with Crippen molar-refractivity contribution in [2.75, 3.05) is 19.6 Å². The lowest BCUT2D eigenvalue weighted by molar-refractivity contribution is 0.0776. The summed E-state index contributed by atoms with van der Waals surface area (Å²) in [5.41, 5.74) is 10.2. The lowest BCUT2D eigenvalue weighted by Crippen LogP contribution is -2.34. The number of carbonyl (C=O) groups is 1. The summed E-state index contributed by atoms with van der Waals surface area (Å²) < 4.78 is 2.26. The van der Waals surface area contributed by atoms with Crippen LogP contribution in [0.4, 0.5) is 0 Å². The summed E-state index contributed by atoms with van der Waals surface area (Å²) in [6, 6.07) is 12.7. The molecular formula is C21H30ClN3O. The lowest BCUT2D eigenvalue weighted by Gasteiger charge is -2.23. The van der Waals surface area contributed by atoms with Gasteiger partial charge in [-0.2, -0.15) is 0 Å². The van der Waals surface area contributed by atoms with Gasteiger partial charge in [-0.05, 0) is 50.8 Å². The fourth-order valence-corrected chi connectivity index (χ4v) is 4.00. The van der Waals surface area contributed by atoms with E-state index in [1.165, 1.54) is 5.56 Å². The molecule has 0 bridgehead atoms. The molecule has 0 saturated carbocycles. The van der Waals surface area contributed by atoms with Crippen molar-refractivity contribution in [1.29, 1.82) is 0 Å². The number of amides is 1. The van der Waals surface area contributed by atoms with Crippen molar-refractivity contribution in [3.63, 3.8) is 0 Å². The molecule has 1 amide bonds. The van der Waals surface area contributed by atoms with Crippen LogP contribution < -0.4 is 5.73 Å². The van der Waals surface area contributed by atoms with Crippen molar-refractivity contribution in [2.45, 2.75) is 40.2 Å². The molecule has 2 heterocycles. The summed E-state index contributed by atoms with van der Waals surface area (Å²) in [6.45, 7) is 10.7. The van der Waals surface area contributed by atoms with Gasteiger partial charge in [0, 0.05) is 24.5 Å². The van der Waals surface area contributed by atoms with Gasteiger partial charge in [0.05, 0.1) is 11.6 Å². The van der Waals surface area contributed by atoms with Crippen molar-refractivity contribution in [2.24, 2.45) is 11.1 Å². The zero-order chi connectivity index (χ0) is 18.2. The third-order valence-electron chi connectivity index (χ3n) is 5.72. The molecule has 1 aromatic heterocycles. The Morgan fingerprint density at radius 1 is 1.27 bits per heavy atom. The van der Waals surface area contributed by atoms with Gasteiger partial charge in [0.25, 0.3) is 5.91 Å². The van der Waals surface area contributed by atoms with E-state index in [4.69, 9.17) is 5.73 Å². The molecule has 0 radical (unpaired) electrons. The molecule has 2 unspecified atom stereocenters. The van der Waals surface area contributed by atoms with Crippen LogP contribution >= 0.6 is 12.4 Å². The van der Waals surface area contributed by atoms with Gasteiger partial charge in [-0.25, -0.2) is 0 Å². The van der Waals surface area contributed by atoms with E-state index in [0.29, 0.717) is 6.54 Å². The maximum atomic E-state index is 13.1. The van der Waals surface area contributed by atoms with E-state index in [9.17, 15) is 4.79 Å². The molecular weight excluding hydrogens is 346 g/mol. The summed E-state index contributed by atoms with van der Waals surface area (Å²) in [7, 11) is 0. The molecule has 1 aliphatic rings. The van der Waals surface area contributed by atoms with Crippen molar-refractivity contribution in [3.8, 4) is 0 Å². The number of hydrogen-bond donors (Lipinski definition) is 1. The average Bonchev–Trinajstić information content (AvgIpc) is 3.15. The number of benzene rings is 1. The molecule has 1 aromatic carbocycles. The van der Waals surface area contributed by atoms with E-state index in [0.717, 1.165) is 36.5 Å². The molecule has 0 spiro atoms. The summed E-state index contributed by atoms with van der Waals surface area (Å²) in [4.78, 5) is 15.0. The monoisotopic (exact) mass is 375 g/mol. The Hall–Kier alpha value is -1.78. The summed E-state index contributed by atoms with van der Waals surface area (Å²) in [5.74, 6) is 0.136. The Morgan fingerprint density at radius 3 is 2.50 bits per heavy atom. The Labute approximate surface area is 162 Å². The Kier molecular flexibility index (Phi) is 6.20. The van der Waals surface area contributed by atoms with Crippen molar-refractivity contribution in [1.82, 2.24) is 9.47 Å². The molecule has 2 aromatic rings. The van der Waals surface area contributed by atoms with Crippen LogP contribution in [0.3, 0.4) is 0 Å². The molecule has 2 N–H and O–H groups in total. The van der Waals surface area contributed by atoms with Crippen LogP contribution in [0.2, 0.25) is 0 Å². The average molecular weight is 376 g/mol. The molecule has 26 heavy (non-hydrogen) atoms. The van der Waals surface area contributed by atoms with Gasteiger partial charge in [0.1, 0.15) is 0 Å². The van der Waals surface area contributed by atoms with Crippen LogP contribution in [0.1, 0.15) is 53.6 Å². The van der Waals surface area contributed by atoms with E-state index in [2.05, 4.69) is 56.5 Å². The first-order chi connectivity index (χ1) is 11.9. The number of hydrogen-bond acceptors (Lipinski definition) is 2. The van der Waals surface area contributed by atoms with E-state index < -0.39 is 0 Å². The zero-order valence-electron chi connectivity index (χ0n) is 16.2. The number of aryl methyl sites for hydroxylation is 1. The molecule has 4 nitrogen and oxygen atoms in total. The van der Waals surface area contributed by atoms with Gasteiger partial charge in [0.15, 0.2) is 0 Å². The van der Waals surface area contributed by atoms with Gasteiger partial charge in [-0.3, -0.25) is 4.79 Å². The highest BCUT2D eigenvalue weighted by atomic mass is 35.5. The minimum absolute atomic E-state index is 0. The van der Waals surface area contributed by atoms with E-state index in [1.807, 2.05) is 17.0 Å². The van der Waals surface area contributed by atoms with Crippen molar-refractivity contribution in [3.05, 3.63) is 58.9 Å². The van der Waals surface area contributed by atoms with Gasteiger partial charge in [-0.1, -0.05) is 37.3 Å². The zero-order valence-corrected chi connectivity index (χ0v) is 17.0. The number of nitrogens with two attached hydrogens (primary N) is 1. The molecule has 1 aliphatic heterocycles. The molecule has 0 aliphatic carbocycles. The summed E-state index contributed by atoms with van der Waals surface area (Å²) in [6.07, 6.45) is 0.981. The van der Waals surface area contributed by atoms with E-state index in [1.54, 1.807) is 0 Å². The molecule has 1 fully saturated rings. The Bertz CT molecular complexity index is 771. The van der Waals surface area contributed by atoms with Crippen LogP contribution in [0.15, 0.2) is 36.4 Å². The number of carbonyl (C=O) groups excluding carboxylic acids is 1. The van der Waals surface area contributed by atoms with E-state index in [-0.39, 0.29) is 29.8 Å². The number of aromatic nitrogens is 1. The number of rotatable bonds is 4. The van der Waals surface area contributed by atoms with Gasteiger partial charge < -0.3 is 15.2 Å². The molecule has 1 saturated heterocycles. The third kappa shape index (κ3) is 3.67. The van der Waals surface area contributed by atoms with Gasteiger partial charge >= 0.3 is 0 Å². The van der Waals surface area contributed by atoms with Crippen LogP contribution in [0, 0.1) is 19.3 Å². The minimum Gasteiger partial charge on any atom is -0.341 e. The Balaban J connectivity index is 0.00000243. The maximum Gasteiger partial charge on any atom is 0.255 e. The summed E-state index contributed by atoms with van der Waals surface area (Å²) >= 11 is 0. The predicted molar refractivity (Wildman–Crippen MR) is 109 cm³/mol. The highest BCUT2D eigenvalue weighted by molar-refractivity contribution is 5.96. The van der Waals surface area contributed by atoms with Gasteiger partial charge in [0.2, 0.25) is 0 Å². The lowest BCUT2D eigenvalue weighted by atomic mass is 9.90. The fourth-order valence-electron chi connectivity index (χ4n) is 4.00. The number of nitrogens with zero attached hydrogens (tertiary/aromatic N) is 2. The topological polar surface area (TPSA) is 51.3 Å². The normalized spacial score (nSPS) is 20.7. The molecule has 142 valence electrons. The Morgan fingerprint density at radius 2 is 1.92 bits per heavy atom. The standard InChI is InChI=1S/C21H29N3O.ClH/c1-15-12-19(20(25)23-11-10-21(4,13-22)14-23)17(3)24(15)16(2)18-8-6-5-7-9-18;/h5-9,12,16H,10-11,13-14,22H2,1-4H3;1H. The highest BCUT2D eigenvalue weighted by Gasteiger charge is 2.36. The predicted octanol–water partition coefficient (Wildman–Crippen LogP) is 3.95.